The fourth-order valence-corrected chi connectivity index (χ4v) is 2.90. The van der Waals surface area contributed by atoms with Crippen LogP contribution in [0.1, 0.15) is 46.0 Å². The molecular formula is C19H40N4O2. The van der Waals surface area contributed by atoms with Gasteiger partial charge in [0.25, 0.3) is 0 Å². The number of guanidine groups is 1. The molecule has 1 saturated heterocycles. The lowest BCUT2D eigenvalue weighted by molar-refractivity contribution is 0.0702. The van der Waals surface area contributed by atoms with Crippen molar-refractivity contribution in [2.24, 2.45) is 10.9 Å². The Balaban J connectivity index is 2.04. The molecule has 1 aliphatic rings. The number of hydrogen-bond donors (Lipinski definition) is 2. The summed E-state index contributed by atoms with van der Waals surface area (Å²) in [4.78, 5) is 7.21. The lowest BCUT2D eigenvalue weighted by atomic mass is 9.99. The third-order valence-corrected chi connectivity index (χ3v) is 4.56. The Morgan fingerprint density at radius 1 is 1.08 bits per heavy atom. The van der Waals surface area contributed by atoms with Gasteiger partial charge in [-0.15, -0.1) is 0 Å². The molecular weight excluding hydrogens is 316 g/mol. The number of rotatable bonds is 13. The van der Waals surface area contributed by atoms with Crippen LogP contribution in [0.3, 0.4) is 0 Å². The summed E-state index contributed by atoms with van der Waals surface area (Å²) < 4.78 is 10.4. The van der Waals surface area contributed by atoms with E-state index in [1.807, 2.05) is 0 Å². The summed E-state index contributed by atoms with van der Waals surface area (Å²) in [6.07, 6.45) is 6.12. The molecule has 1 heterocycles. The molecule has 0 aromatic heterocycles. The van der Waals surface area contributed by atoms with Gasteiger partial charge in [-0.3, -0.25) is 4.99 Å². The van der Waals surface area contributed by atoms with E-state index < -0.39 is 0 Å². The maximum absolute atomic E-state index is 5.45. The highest BCUT2D eigenvalue weighted by Gasteiger charge is 2.14. The van der Waals surface area contributed by atoms with Gasteiger partial charge in [-0.2, -0.15) is 0 Å². The fraction of sp³-hybridized carbons (Fsp3) is 0.947. The van der Waals surface area contributed by atoms with E-state index in [1.54, 1.807) is 7.11 Å². The first-order valence-electron chi connectivity index (χ1n) is 10.1. The number of piperidine rings is 1. The van der Waals surface area contributed by atoms with Gasteiger partial charge in [0.05, 0.1) is 13.2 Å². The third-order valence-electron chi connectivity index (χ3n) is 4.56. The Morgan fingerprint density at radius 2 is 1.88 bits per heavy atom. The zero-order chi connectivity index (χ0) is 18.2. The Hall–Kier alpha value is -0.850. The standard InChI is InChI=1S/C19H40N4O2/c1-4-20-19(22-11-7-15-25-17-16-24-3)21-10-5-6-12-23-13-8-18(2)9-14-23/h18H,4-17H2,1-3H3,(H2,20,21,22). The molecule has 0 unspecified atom stereocenters. The minimum Gasteiger partial charge on any atom is -0.382 e. The van der Waals surface area contributed by atoms with Gasteiger partial charge >= 0.3 is 0 Å². The zero-order valence-corrected chi connectivity index (χ0v) is 16.7. The molecule has 25 heavy (non-hydrogen) atoms. The molecule has 0 amide bonds. The second-order valence-corrected chi connectivity index (χ2v) is 6.88. The van der Waals surface area contributed by atoms with E-state index in [4.69, 9.17) is 9.47 Å². The van der Waals surface area contributed by atoms with Crippen LogP contribution in [-0.2, 0) is 9.47 Å². The summed E-state index contributed by atoms with van der Waals surface area (Å²) in [5, 5.41) is 6.74. The molecule has 1 fully saturated rings. The third kappa shape index (κ3) is 12.2. The van der Waals surface area contributed by atoms with Crippen LogP contribution in [0, 0.1) is 5.92 Å². The van der Waals surface area contributed by atoms with Gasteiger partial charge in [0.15, 0.2) is 5.96 Å². The highest BCUT2D eigenvalue weighted by atomic mass is 16.5. The average Bonchev–Trinajstić information content (AvgIpc) is 2.62. The Labute approximate surface area is 154 Å². The lowest BCUT2D eigenvalue weighted by Gasteiger charge is -2.30. The van der Waals surface area contributed by atoms with Crippen molar-refractivity contribution in [3.8, 4) is 0 Å². The molecule has 0 aliphatic carbocycles. The predicted octanol–water partition coefficient (Wildman–Crippen LogP) is 2.11. The van der Waals surface area contributed by atoms with Gasteiger partial charge < -0.3 is 25.0 Å². The minimum atomic E-state index is 0.657. The summed E-state index contributed by atoms with van der Waals surface area (Å²) >= 11 is 0. The average molecular weight is 357 g/mol. The molecule has 148 valence electrons. The van der Waals surface area contributed by atoms with Crippen LogP contribution in [0.5, 0.6) is 0 Å². The molecule has 6 nitrogen and oxygen atoms in total. The lowest BCUT2D eigenvalue weighted by Crippen LogP contribution is -2.38. The van der Waals surface area contributed by atoms with Crippen LogP contribution in [-0.4, -0.2) is 77.1 Å². The largest absolute Gasteiger partial charge is 0.382 e. The number of methoxy groups -OCH3 is 1. The molecule has 0 aromatic rings. The molecule has 1 aliphatic heterocycles. The summed E-state index contributed by atoms with van der Waals surface area (Å²) in [5.41, 5.74) is 0. The maximum atomic E-state index is 5.45. The van der Waals surface area contributed by atoms with Crippen molar-refractivity contribution >= 4 is 5.96 Å². The van der Waals surface area contributed by atoms with Crippen molar-refractivity contribution in [3.63, 3.8) is 0 Å². The molecule has 6 heteroatoms. The first-order valence-corrected chi connectivity index (χ1v) is 10.1. The van der Waals surface area contributed by atoms with Crippen molar-refractivity contribution < 1.29 is 9.47 Å². The maximum Gasteiger partial charge on any atom is 0.191 e. The molecule has 0 bridgehead atoms. The smallest absolute Gasteiger partial charge is 0.191 e. The number of hydrogen-bond acceptors (Lipinski definition) is 4. The molecule has 0 atom stereocenters. The summed E-state index contributed by atoms with van der Waals surface area (Å²) in [6.45, 7) is 13.0. The van der Waals surface area contributed by atoms with Crippen LogP contribution in [0.4, 0.5) is 0 Å². The molecule has 0 saturated carbocycles. The SMILES string of the molecule is CCNC(=NCCCOCCOC)NCCCCN1CCC(C)CC1. The molecule has 0 radical (unpaired) electrons. The second kappa shape index (κ2) is 15.4. The molecule has 2 N–H and O–H groups in total. The Kier molecular flexibility index (Phi) is 13.7. The first-order chi connectivity index (χ1) is 12.3. The predicted molar refractivity (Wildman–Crippen MR) is 105 cm³/mol. The fourth-order valence-electron chi connectivity index (χ4n) is 2.90. The number of likely N-dealkylation sites (tertiary alicyclic amines) is 1. The summed E-state index contributed by atoms with van der Waals surface area (Å²) in [5.74, 6) is 1.84. The highest BCUT2D eigenvalue weighted by molar-refractivity contribution is 5.79. The zero-order valence-electron chi connectivity index (χ0n) is 16.7. The van der Waals surface area contributed by atoms with Crippen LogP contribution < -0.4 is 10.6 Å². The van der Waals surface area contributed by atoms with Crippen molar-refractivity contribution in [2.45, 2.75) is 46.0 Å². The normalized spacial score (nSPS) is 17.0. The number of unbranched alkanes of at least 4 members (excludes halogenated alkanes) is 1. The quantitative estimate of drug-likeness (QED) is 0.301. The van der Waals surface area contributed by atoms with Crippen molar-refractivity contribution in [3.05, 3.63) is 0 Å². The molecule has 0 spiro atoms. The van der Waals surface area contributed by atoms with Crippen molar-refractivity contribution in [2.75, 3.05) is 66.2 Å². The van der Waals surface area contributed by atoms with E-state index in [0.717, 1.165) is 44.5 Å². The van der Waals surface area contributed by atoms with E-state index in [-0.39, 0.29) is 0 Å². The second-order valence-electron chi connectivity index (χ2n) is 6.88. The van der Waals surface area contributed by atoms with Crippen LogP contribution in [0.25, 0.3) is 0 Å². The van der Waals surface area contributed by atoms with Gasteiger partial charge in [0.2, 0.25) is 0 Å². The van der Waals surface area contributed by atoms with Crippen LogP contribution >= 0.6 is 0 Å². The topological polar surface area (TPSA) is 58.1 Å². The van der Waals surface area contributed by atoms with Gasteiger partial charge in [0, 0.05) is 33.4 Å². The van der Waals surface area contributed by atoms with E-state index in [1.165, 1.54) is 45.3 Å². The van der Waals surface area contributed by atoms with E-state index in [2.05, 4.69) is 34.4 Å². The van der Waals surface area contributed by atoms with Gasteiger partial charge in [-0.05, 0) is 64.6 Å². The van der Waals surface area contributed by atoms with Gasteiger partial charge in [0.1, 0.15) is 0 Å². The summed E-state index contributed by atoms with van der Waals surface area (Å²) in [6, 6.07) is 0. The molecule has 0 aromatic carbocycles. The Bertz CT molecular complexity index is 331. The van der Waals surface area contributed by atoms with Gasteiger partial charge in [-0.25, -0.2) is 0 Å². The van der Waals surface area contributed by atoms with Crippen molar-refractivity contribution in [1.29, 1.82) is 0 Å². The van der Waals surface area contributed by atoms with Crippen LogP contribution in [0.2, 0.25) is 0 Å². The molecule has 1 rings (SSSR count). The monoisotopic (exact) mass is 356 g/mol. The summed E-state index contributed by atoms with van der Waals surface area (Å²) in [7, 11) is 1.69. The van der Waals surface area contributed by atoms with E-state index in [9.17, 15) is 0 Å². The number of ether oxygens (including phenoxy) is 2. The van der Waals surface area contributed by atoms with E-state index in [0.29, 0.717) is 13.2 Å². The number of nitrogens with one attached hydrogen (secondary N) is 2. The highest BCUT2D eigenvalue weighted by Crippen LogP contribution is 2.15. The van der Waals surface area contributed by atoms with E-state index >= 15 is 0 Å². The minimum absolute atomic E-state index is 0.657. The number of aliphatic imine (C=N–C) groups is 1. The van der Waals surface area contributed by atoms with Gasteiger partial charge in [-0.1, -0.05) is 6.92 Å². The van der Waals surface area contributed by atoms with Crippen LogP contribution in [0.15, 0.2) is 4.99 Å². The number of nitrogens with zero attached hydrogens (tertiary/aromatic N) is 2. The van der Waals surface area contributed by atoms with Crippen molar-refractivity contribution in [1.82, 2.24) is 15.5 Å². The Morgan fingerprint density at radius 3 is 2.60 bits per heavy atom. The first kappa shape index (κ1) is 22.2.